The van der Waals surface area contributed by atoms with Crippen LogP contribution in [-0.4, -0.2) is 23.6 Å². The topological polar surface area (TPSA) is 23.5 Å². The second kappa shape index (κ2) is 7.81. The van der Waals surface area contributed by atoms with Gasteiger partial charge in [0.15, 0.2) is 0 Å². The molecule has 0 bridgehead atoms. The van der Waals surface area contributed by atoms with Crippen LogP contribution in [0, 0.1) is 0 Å². The highest BCUT2D eigenvalue weighted by atomic mass is 35.5. The lowest BCUT2D eigenvalue weighted by Gasteiger charge is -2.19. The highest BCUT2D eigenvalue weighted by molar-refractivity contribution is 6.30. The molecule has 2 rings (SSSR count). The Kier molecular flexibility index (Phi) is 6.07. The molecule has 112 valence electrons. The number of hydrogen-bond acceptors (Lipinski definition) is 2. The largest absolute Gasteiger partial charge is 0.388 e. The first kappa shape index (κ1) is 16.3. The standard InChI is InChI=1S/C17H19Cl2NO/c1-20(12-13-3-2-4-16(19)11-13)10-9-17(21)14-5-7-15(18)8-6-14/h2-8,11,17,21H,9-10,12H2,1H3. The third kappa shape index (κ3) is 5.33. The van der Waals surface area contributed by atoms with Crippen molar-refractivity contribution in [2.45, 2.75) is 19.1 Å². The van der Waals surface area contributed by atoms with Crippen molar-refractivity contribution in [3.05, 3.63) is 69.7 Å². The smallest absolute Gasteiger partial charge is 0.0802 e. The van der Waals surface area contributed by atoms with Crippen LogP contribution in [0.1, 0.15) is 23.7 Å². The van der Waals surface area contributed by atoms with Crippen molar-refractivity contribution in [3.8, 4) is 0 Å². The Balaban J connectivity index is 1.83. The number of halogens is 2. The van der Waals surface area contributed by atoms with E-state index < -0.39 is 6.10 Å². The van der Waals surface area contributed by atoms with Gasteiger partial charge in [-0.2, -0.15) is 0 Å². The van der Waals surface area contributed by atoms with Crippen LogP contribution >= 0.6 is 23.2 Å². The molecular formula is C17H19Cl2NO. The van der Waals surface area contributed by atoms with Gasteiger partial charge in [-0.05, 0) is 48.9 Å². The average molecular weight is 324 g/mol. The van der Waals surface area contributed by atoms with Gasteiger partial charge in [0.2, 0.25) is 0 Å². The molecule has 2 aromatic rings. The van der Waals surface area contributed by atoms with Crippen molar-refractivity contribution in [2.75, 3.05) is 13.6 Å². The quantitative estimate of drug-likeness (QED) is 0.843. The van der Waals surface area contributed by atoms with Crippen molar-refractivity contribution < 1.29 is 5.11 Å². The molecule has 0 radical (unpaired) electrons. The molecule has 2 nitrogen and oxygen atoms in total. The molecule has 0 aromatic heterocycles. The number of rotatable bonds is 6. The second-order valence-electron chi connectivity index (χ2n) is 5.22. The summed E-state index contributed by atoms with van der Waals surface area (Å²) in [7, 11) is 2.04. The maximum Gasteiger partial charge on any atom is 0.0802 e. The summed E-state index contributed by atoms with van der Waals surface area (Å²) in [5.41, 5.74) is 2.07. The summed E-state index contributed by atoms with van der Waals surface area (Å²) in [4.78, 5) is 2.17. The predicted molar refractivity (Wildman–Crippen MR) is 88.8 cm³/mol. The number of aliphatic hydroxyl groups is 1. The molecule has 0 saturated heterocycles. The van der Waals surface area contributed by atoms with Crippen molar-refractivity contribution in [2.24, 2.45) is 0 Å². The normalized spacial score (nSPS) is 12.6. The zero-order chi connectivity index (χ0) is 15.2. The fraction of sp³-hybridized carbons (Fsp3) is 0.294. The van der Waals surface area contributed by atoms with Gasteiger partial charge in [0.1, 0.15) is 0 Å². The average Bonchev–Trinajstić information content (AvgIpc) is 2.45. The van der Waals surface area contributed by atoms with E-state index in [9.17, 15) is 5.11 Å². The monoisotopic (exact) mass is 323 g/mol. The summed E-state index contributed by atoms with van der Waals surface area (Å²) in [5.74, 6) is 0. The lowest BCUT2D eigenvalue weighted by molar-refractivity contribution is 0.147. The third-order valence-corrected chi connectivity index (χ3v) is 3.87. The van der Waals surface area contributed by atoms with Crippen LogP contribution in [-0.2, 0) is 6.54 Å². The predicted octanol–water partition coefficient (Wildman–Crippen LogP) is 4.55. The van der Waals surface area contributed by atoms with Crippen molar-refractivity contribution in [3.63, 3.8) is 0 Å². The van der Waals surface area contributed by atoms with Gasteiger partial charge in [-0.1, -0.05) is 47.5 Å². The first-order chi connectivity index (χ1) is 10.0. The Hall–Kier alpha value is -1.06. The van der Waals surface area contributed by atoms with Crippen LogP contribution in [0.4, 0.5) is 0 Å². The summed E-state index contributed by atoms with van der Waals surface area (Å²) in [5, 5.41) is 11.6. The molecule has 1 unspecified atom stereocenters. The molecular weight excluding hydrogens is 305 g/mol. The lowest BCUT2D eigenvalue weighted by atomic mass is 10.1. The van der Waals surface area contributed by atoms with Crippen LogP contribution < -0.4 is 0 Å². The molecule has 4 heteroatoms. The lowest BCUT2D eigenvalue weighted by Crippen LogP contribution is -2.20. The zero-order valence-electron chi connectivity index (χ0n) is 12.0. The molecule has 0 amide bonds. The van der Waals surface area contributed by atoms with E-state index in [0.717, 1.165) is 23.7 Å². The Labute approximate surface area is 135 Å². The zero-order valence-corrected chi connectivity index (χ0v) is 13.5. The van der Waals surface area contributed by atoms with E-state index >= 15 is 0 Å². The third-order valence-electron chi connectivity index (χ3n) is 3.38. The fourth-order valence-electron chi connectivity index (χ4n) is 2.22. The summed E-state index contributed by atoms with van der Waals surface area (Å²) in [6.07, 6.45) is 0.211. The minimum Gasteiger partial charge on any atom is -0.388 e. The Morgan fingerprint density at radius 3 is 2.43 bits per heavy atom. The summed E-state index contributed by atoms with van der Waals surface area (Å²) < 4.78 is 0. The number of aliphatic hydroxyl groups excluding tert-OH is 1. The van der Waals surface area contributed by atoms with E-state index in [-0.39, 0.29) is 0 Å². The van der Waals surface area contributed by atoms with Gasteiger partial charge >= 0.3 is 0 Å². The van der Waals surface area contributed by atoms with Gasteiger partial charge in [-0.25, -0.2) is 0 Å². The van der Waals surface area contributed by atoms with Gasteiger partial charge in [-0.3, -0.25) is 0 Å². The summed E-state index contributed by atoms with van der Waals surface area (Å²) >= 11 is 11.8. The van der Waals surface area contributed by atoms with E-state index in [1.165, 1.54) is 5.56 Å². The van der Waals surface area contributed by atoms with Crippen LogP contribution in [0.25, 0.3) is 0 Å². The van der Waals surface area contributed by atoms with Gasteiger partial charge in [0, 0.05) is 23.1 Å². The molecule has 0 heterocycles. The Morgan fingerprint density at radius 1 is 1.05 bits per heavy atom. The van der Waals surface area contributed by atoms with E-state index in [2.05, 4.69) is 11.0 Å². The van der Waals surface area contributed by atoms with Crippen LogP contribution in [0.2, 0.25) is 10.0 Å². The van der Waals surface area contributed by atoms with Crippen molar-refractivity contribution in [1.29, 1.82) is 0 Å². The maximum atomic E-state index is 10.2. The van der Waals surface area contributed by atoms with E-state index in [4.69, 9.17) is 23.2 Å². The number of hydrogen-bond donors (Lipinski definition) is 1. The molecule has 0 saturated carbocycles. The molecule has 0 aliphatic heterocycles. The van der Waals surface area contributed by atoms with Crippen LogP contribution in [0.5, 0.6) is 0 Å². The van der Waals surface area contributed by atoms with Crippen molar-refractivity contribution in [1.82, 2.24) is 4.90 Å². The summed E-state index contributed by atoms with van der Waals surface area (Å²) in [6, 6.07) is 15.2. The van der Waals surface area contributed by atoms with Gasteiger partial charge in [0.05, 0.1) is 6.10 Å². The molecule has 0 spiro atoms. The SMILES string of the molecule is CN(CCC(O)c1ccc(Cl)cc1)Cc1cccc(Cl)c1. The first-order valence-electron chi connectivity index (χ1n) is 6.91. The fourth-order valence-corrected chi connectivity index (χ4v) is 2.56. The van der Waals surface area contributed by atoms with Crippen molar-refractivity contribution >= 4 is 23.2 Å². The Morgan fingerprint density at radius 2 is 1.76 bits per heavy atom. The molecule has 1 atom stereocenters. The van der Waals surface area contributed by atoms with Gasteiger partial charge in [-0.15, -0.1) is 0 Å². The van der Waals surface area contributed by atoms with Gasteiger partial charge in [0.25, 0.3) is 0 Å². The second-order valence-corrected chi connectivity index (χ2v) is 6.10. The molecule has 0 fully saturated rings. The minimum absolute atomic E-state index is 0.468. The first-order valence-corrected chi connectivity index (χ1v) is 7.66. The molecule has 2 aromatic carbocycles. The van der Waals surface area contributed by atoms with Crippen LogP contribution in [0.3, 0.4) is 0 Å². The molecule has 1 N–H and O–H groups in total. The number of benzene rings is 2. The highest BCUT2D eigenvalue weighted by Gasteiger charge is 2.09. The highest BCUT2D eigenvalue weighted by Crippen LogP contribution is 2.20. The molecule has 0 aliphatic carbocycles. The van der Waals surface area contributed by atoms with E-state index in [1.54, 1.807) is 12.1 Å². The number of nitrogens with zero attached hydrogens (tertiary/aromatic N) is 1. The Bertz CT molecular complexity index is 571. The van der Waals surface area contributed by atoms with Crippen LogP contribution in [0.15, 0.2) is 48.5 Å². The van der Waals surface area contributed by atoms with Gasteiger partial charge < -0.3 is 10.0 Å². The minimum atomic E-state index is -0.468. The molecule has 0 aliphatic rings. The molecule has 21 heavy (non-hydrogen) atoms. The summed E-state index contributed by atoms with van der Waals surface area (Å²) in [6.45, 7) is 1.62. The van der Waals surface area contributed by atoms with E-state index in [0.29, 0.717) is 11.4 Å². The maximum absolute atomic E-state index is 10.2. The van der Waals surface area contributed by atoms with E-state index in [1.807, 2.05) is 37.4 Å².